The second kappa shape index (κ2) is 7.58. The third kappa shape index (κ3) is 4.43. The SMILES string of the molecule is CC(=O)N1CCC(CCNc2cc(Br)ccc2[N+](=O)[O-])CC1. The Labute approximate surface area is 138 Å². The molecule has 0 radical (unpaired) electrons. The number of piperidine rings is 1. The first kappa shape index (κ1) is 16.7. The van der Waals surface area contributed by atoms with Gasteiger partial charge in [-0.1, -0.05) is 15.9 Å². The molecule has 1 aromatic carbocycles. The van der Waals surface area contributed by atoms with E-state index in [2.05, 4.69) is 21.2 Å². The molecule has 22 heavy (non-hydrogen) atoms. The van der Waals surface area contributed by atoms with Crippen LogP contribution < -0.4 is 5.32 Å². The van der Waals surface area contributed by atoms with Gasteiger partial charge in [0.2, 0.25) is 5.91 Å². The van der Waals surface area contributed by atoms with Gasteiger partial charge >= 0.3 is 0 Å². The Balaban J connectivity index is 1.83. The molecule has 0 bridgehead atoms. The van der Waals surface area contributed by atoms with Crippen molar-refractivity contribution in [3.8, 4) is 0 Å². The number of benzene rings is 1. The molecule has 0 unspecified atom stereocenters. The Morgan fingerprint density at radius 1 is 1.45 bits per heavy atom. The largest absolute Gasteiger partial charge is 0.379 e. The molecule has 0 aliphatic carbocycles. The Kier molecular flexibility index (Phi) is 5.76. The molecular weight excluding hydrogens is 350 g/mol. The fraction of sp³-hybridized carbons (Fsp3) is 0.533. The normalized spacial score (nSPS) is 15.6. The lowest BCUT2D eigenvalue weighted by Crippen LogP contribution is -2.37. The molecule has 1 aromatic rings. The summed E-state index contributed by atoms with van der Waals surface area (Å²) in [5.74, 6) is 0.704. The topological polar surface area (TPSA) is 75.5 Å². The van der Waals surface area contributed by atoms with Crippen LogP contribution in [0.3, 0.4) is 0 Å². The predicted octanol–water partition coefficient (Wildman–Crippen LogP) is 3.42. The van der Waals surface area contributed by atoms with E-state index < -0.39 is 0 Å². The number of amides is 1. The van der Waals surface area contributed by atoms with Crippen LogP contribution in [-0.4, -0.2) is 35.4 Å². The van der Waals surface area contributed by atoms with Gasteiger partial charge < -0.3 is 10.2 Å². The minimum atomic E-state index is -0.375. The lowest BCUT2D eigenvalue weighted by molar-refractivity contribution is -0.384. The van der Waals surface area contributed by atoms with Crippen LogP contribution in [0, 0.1) is 16.0 Å². The van der Waals surface area contributed by atoms with Gasteiger partial charge in [-0.2, -0.15) is 0 Å². The van der Waals surface area contributed by atoms with Crippen LogP contribution in [-0.2, 0) is 4.79 Å². The summed E-state index contributed by atoms with van der Waals surface area (Å²) in [7, 11) is 0. The zero-order valence-electron chi connectivity index (χ0n) is 12.5. The van der Waals surface area contributed by atoms with Gasteiger partial charge in [0.15, 0.2) is 0 Å². The molecule has 1 saturated heterocycles. The van der Waals surface area contributed by atoms with Crippen molar-refractivity contribution < 1.29 is 9.72 Å². The van der Waals surface area contributed by atoms with Gasteiger partial charge in [-0.15, -0.1) is 0 Å². The quantitative estimate of drug-likeness (QED) is 0.637. The van der Waals surface area contributed by atoms with Crippen molar-refractivity contribution in [1.29, 1.82) is 0 Å². The first-order valence-electron chi connectivity index (χ1n) is 7.40. The molecular formula is C15H20BrN3O3. The van der Waals surface area contributed by atoms with E-state index >= 15 is 0 Å². The fourth-order valence-corrected chi connectivity index (χ4v) is 3.12. The third-order valence-electron chi connectivity index (χ3n) is 4.08. The minimum absolute atomic E-state index is 0.0922. The van der Waals surface area contributed by atoms with Gasteiger partial charge in [-0.05, 0) is 37.3 Å². The van der Waals surface area contributed by atoms with Gasteiger partial charge in [0.05, 0.1) is 4.92 Å². The van der Waals surface area contributed by atoms with E-state index in [1.807, 2.05) is 4.90 Å². The maximum atomic E-state index is 11.3. The highest BCUT2D eigenvalue weighted by molar-refractivity contribution is 9.10. The Hall–Kier alpha value is -1.63. The zero-order valence-corrected chi connectivity index (χ0v) is 14.1. The van der Waals surface area contributed by atoms with E-state index in [1.165, 1.54) is 6.07 Å². The molecule has 0 spiro atoms. The van der Waals surface area contributed by atoms with Gasteiger partial charge in [0.1, 0.15) is 5.69 Å². The van der Waals surface area contributed by atoms with Crippen LogP contribution in [0.15, 0.2) is 22.7 Å². The smallest absolute Gasteiger partial charge is 0.292 e. The second-order valence-corrected chi connectivity index (χ2v) is 6.50. The Morgan fingerprint density at radius 2 is 2.14 bits per heavy atom. The average Bonchev–Trinajstić information content (AvgIpc) is 2.47. The number of likely N-dealkylation sites (tertiary alicyclic amines) is 1. The molecule has 0 saturated carbocycles. The highest BCUT2D eigenvalue weighted by Gasteiger charge is 2.20. The average molecular weight is 370 g/mol. The molecule has 7 heteroatoms. The molecule has 1 fully saturated rings. The summed E-state index contributed by atoms with van der Waals surface area (Å²) in [5.41, 5.74) is 0.634. The number of carbonyl (C=O) groups excluding carboxylic acids is 1. The Morgan fingerprint density at radius 3 is 2.73 bits per heavy atom. The maximum absolute atomic E-state index is 11.3. The number of rotatable bonds is 5. The number of carbonyl (C=O) groups is 1. The van der Waals surface area contributed by atoms with Crippen LogP contribution in [0.25, 0.3) is 0 Å². The van der Waals surface area contributed by atoms with Gasteiger partial charge in [0, 0.05) is 37.1 Å². The first-order chi connectivity index (χ1) is 10.5. The van der Waals surface area contributed by atoms with Gasteiger partial charge in [0.25, 0.3) is 5.69 Å². The number of nitrogens with one attached hydrogen (secondary N) is 1. The van der Waals surface area contributed by atoms with Crippen LogP contribution in [0.5, 0.6) is 0 Å². The summed E-state index contributed by atoms with van der Waals surface area (Å²) < 4.78 is 0.815. The summed E-state index contributed by atoms with van der Waals surface area (Å²) in [6.45, 7) is 3.93. The third-order valence-corrected chi connectivity index (χ3v) is 4.58. The standard InChI is InChI=1S/C15H20BrN3O3/c1-11(20)18-8-5-12(6-9-18)4-7-17-14-10-13(16)2-3-15(14)19(21)22/h2-3,10,12,17H,4-9H2,1H3. The molecule has 0 aromatic heterocycles. The lowest BCUT2D eigenvalue weighted by atomic mass is 9.93. The fourth-order valence-electron chi connectivity index (χ4n) is 2.76. The van der Waals surface area contributed by atoms with Crippen molar-refractivity contribution in [2.24, 2.45) is 5.92 Å². The summed E-state index contributed by atoms with van der Waals surface area (Å²) in [6.07, 6.45) is 2.96. The van der Waals surface area contributed by atoms with E-state index in [-0.39, 0.29) is 16.5 Å². The molecule has 120 valence electrons. The summed E-state index contributed by atoms with van der Waals surface area (Å²) in [4.78, 5) is 23.8. The van der Waals surface area contributed by atoms with E-state index in [0.29, 0.717) is 18.2 Å². The summed E-state index contributed by atoms with van der Waals surface area (Å²) >= 11 is 3.33. The van der Waals surface area contributed by atoms with Crippen molar-refractivity contribution in [2.45, 2.75) is 26.2 Å². The molecule has 6 nitrogen and oxygen atoms in total. The summed E-state index contributed by atoms with van der Waals surface area (Å²) in [5, 5.41) is 14.2. The highest BCUT2D eigenvalue weighted by Crippen LogP contribution is 2.28. The van der Waals surface area contributed by atoms with Crippen molar-refractivity contribution in [3.05, 3.63) is 32.8 Å². The maximum Gasteiger partial charge on any atom is 0.292 e. The first-order valence-corrected chi connectivity index (χ1v) is 8.20. The van der Waals surface area contributed by atoms with Crippen LogP contribution in [0.2, 0.25) is 0 Å². The van der Waals surface area contributed by atoms with Crippen LogP contribution in [0.4, 0.5) is 11.4 Å². The van der Waals surface area contributed by atoms with E-state index in [1.54, 1.807) is 19.1 Å². The van der Waals surface area contributed by atoms with Crippen LogP contribution in [0.1, 0.15) is 26.2 Å². The molecule has 0 atom stereocenters. The van der Waals surface area contributed by atoms with E-state index in [4.69, 9.17) is 0 Å². The number of halogens is 1. The number of hydrogen-bond donors (Lipinski definition) is 1. The molecule has 1 aliphatic rings. The van der Waals surface area contributed by atoms with E-state index in [0.717, 1.165) is 36.8 Å². The summed E-state index contributed by atoms with van der Waals surface area (Å²) in [6, 6.07) is 4.90. The number of hydrogen-bond acceptors (Lipinski definition) is 4. The minimum Gasteiger partial charge on any atom is -0.379 e. The zero-order chi connectivity index (χ0) is 16.1. The van der Waals surface area contributed by atoms with Crippen molar-refractivity contribution in [1.82, 2.24) is 4.90 Å². The molecule has 1 heterocycles. The van der Waals surface area contributed by atoms with Gasteiger partial charge in [-0.3, -0.25) is 14.9 Å². The molecule has 1 N–H and O–H groups in total. The van der Waals surface area contributed by atoms with Gasteiger partial charge in [-0.25, -0.2) is 0 Å². The number of nitrogens with zero attached hydrogens (tertiary/aromatic N) is 2. The Bertz CT molecular complexity index is 557. The number of nitro groups is 1. The molecule has 1 amide bonds. The highest BCUT2D eigenvalue weighted by atomic mass is 79.9. The monoisotopic (exact) mass is 369 g/mol. The number of nitro benzene ring substituents is 1. The number of anilines is 1. The lowest BCUT2D eigenvalue weighted by Gasteiger charge is -2.31. The predicted molar refractivity (Wildman–Crippen MR) is 88.9 cm³/mol. The van der Waals surface area contributed by atoms with Crippen LogP contribution >= 0.6 is 15.9 Å². The van der Waals surface area contributed by atoms with Crippen molar-refractivity contribution in [3.63, 3.8) is 0 Å². The second-order valence-electron chi connectivity index (χ2n) is 5.58. The molecule has 2 rings (SSSR count). The van der Waals surface area contributed by atoms with Crippen molar-refractivity contribution >= 4 is 33.2 Å². The van der Waals surface area contributed by atoms with Crippen molar-refractivity contribution in [2.75, 3.05) is 25.0 Å². The molecule has 1 aliphatic heterocycles. The van der Waals surface area contributed by atoms with E-state index in [9.17, 15) is 14.9 Å².